The van der Waals surface area contributed by atoms with Gasteiger partial charge in [-0.2, -0.15) is 10.4 Å². The SMILES string of the molecule is N#Cc1cc(/C=N/N=C(N)N)ccc1F. The van der Waals surface area contributed by atoms with Gasteiger partial charge in [0.25, 0.3) is 0 Å². The minimum Gasteiger partial charge on any atom is -0.369 e. The summed E-state index contributed by atoms with van der Waals surface area (Å²) in [4.78, 5) is 0. The highest BCUT2D eigenvalue weighted by Gasteiger charge is 2.00. The van der Waals surface area contributed by atoms with Crippen LogP contribution in [0.1, 0.15) is 11.1 Å². The molecule has 6 heteroatoms. The Bertz CT molecular complexity index is 454. The Morgan fingerprint density at radius 1 is 1.47 bits per heavy atom. The molecule has 15 heavy (non-hydrogen) atoms. The van der Waals surface area contributed by atoms with Crippen LogP contribution in [0.15, 0.2) is 28.4 Å². The van der Waals surface area contributed by atoms with E-state index in [1.54, 1.807) is 6.07 Å². The van der Waals surface area contributed by atoms with Gasteiger partial charge in [0.1, 0.15) is 11.9 Å². The molecule has 0 fully saturated rings. The van der Waals surface area contributed by atoms with E-state index in [0.29, 0.717) is 5.56 Å². The van der Waals surface area contributed by atoms with Gasteiger partial charge in [-0.1, -0.05) is 6.07 Å². The Kier molecular flexibility index (Phi) is 3.35. The third kappa shape index (κ3) is 3.08. The summed E-state index contributed by atoms with van der Waals surface area (Å²) in [5.41, 5.74) is 10.6. The third-order valence-corrected chi connectivity index (χ3v) is 1.49. The molecule has 0 radical (unpaired) electrons. The molecule has 0 amide bonds. The Labute approximate surface area is 85.5 Å². The molecule has 0 heterocycles. The van der Waals surface area contributed by atoms with Crippen molar-refractivity contribution >= 4 is 12.2 Å². The van der Waals surface area contributed by atoms with Crippen molar-refractivity contribution in [1.82, 2.24) is 0 Å². The van der Waals surface area contributed by atoms with Crippen LogP contribution in [0.3, 0.4) is 0 Å². The van der Waals surface area contributed by atoms with E-state index in [-0.39, 0.29) is 11.5 Å². The van der Waals surface area contributed by atoms with Crippen molar-refractivity contribution in [2.75, 3.05) is 0 Å². The van der Waals surface area contributed by atoms with E-state index >= 15 is 0 Å². The molecule has 0 spiro atoms. The highest BCUT2D eigenvalue weighted by molar-refractivity contribution is 5.82. The van der Waals surface area contributed by atoms with E-state index in [2.05, 4.69) is 10.2 Å². The van der Waals surface area contributed by atoms with Gasteiger partial charge in [0.05, 0.1) is 11.8 Å². The first-order valence-electron chi connectivity index (χ1n) is 3.95. The number of nitriles is 1. The molecular weight excluding hydrogens is 197 g/mol. The average molecular weight is 205 g/mol. The van der Waals surface area contributed by atoms with E-state index in [0.717, 1.165) is 0 Å². The fraction of sp³-hybridized carbons (Fsp3) is 0. The first-order chi connectivity index (χ1) is 7.13. The summed E-state index contributed by atoms with van der Waals surface area (Å²) in [5, 5.41) is 15.4. The molecule has 0 aliphatic heterocycles. The van der Waals surface area contributed by atoms with Gasteiger partial charge in [0, 0.05) is 0 Å². The van der Waals surface area contributed by atoms with Crippen LogP contribution in [0, 0.1) is 17.1 Å². The summed E-state index contributed by atoms with van der Waals surface area (Å²) < 4.78 is 12.9. The van der Waals surface area contributed by atoms with Gasteiger partial charge in [-0.15, -0.1) is 5.10 Å². The minimum atomic E-state index is -0.573. The first-order valence-corrected chi connectivity index (χ1v) is 3.95. The average Bonchev–Trinajstić information content (AvgIpc) is 2.20. The predicted octanol–water partition coefficient (Wildman–Crippen LogP) is 0.305. The lowest BCUT2D eigenvalue weighted by molar-refractivity contribution is 0.624. The lowest BCUT2D eigenvalue weighted by Crippen LogP contribution is -2.21. The maximum atomic E-state index is 12.9. The van der Waals surface area contributed by atoms with E-state index in [1.165, 1.54) is 24.4 Å². The first kappa shape index (κ1) is 10.7. The van der Waals surface area contributed by atoms with Gasteiger partial charge in [0.2, 0.25) is 5.96 Å². The minimum absolute atomic E-state index is 0.0522. The van der Waals surface area contributed by atoms with Crippen LogP contribution in [-0.4, -0.2) is 12.2 Å². The van der Waals surface area contributed by atoms with Crippen molar-refractivity contribution in [2.45, 2.75) is 0 Å². The molecule has 4 N–H and O–H groups in total. The van der Waals surface area contributed by atoms with Crippen LogP contribution in [0.5, 0.6) is 0 Å². The van der Waals surface area contributed by atoms with E-state index in [9.17, 15) is 4.39 Å². The molecule has 1 rings (SSSR count). The van der Waals surface area contributed by atoms with Crippen molar-refractivity contribution in [1.29, 1.82) is 5.26 Å². The number of rotatable bonds is 2. The Hall–Kier alpha value is -2.42. The number of hydrogen-bond acceptors (Lipinski definition) is 3. The van der Waals surface area contributed by atoms with E-state index in [1.807, 2.05) is 0 Å². The standard InChI is InChI=1S/C9H8FN5/c10-8-2-1-6(3-7(8)4-11)5-14-15-9(12)13/h1-3,5H,(H4,12,13,15)/b14-5+. The Morgan fingerprint density at radius 2 is 2.20 bits per heavy atom. The third-order valence-electron chi connectivity index (χ3n) is 1.49. The number of hydrogen-bond donors (Lipinski definition) is 2. The molecule has 0 atom stereocenters. The van der Waals surface area contributed by atoms with Gasteiger partial charge < -0.3 is 11.5 Å². The highest BCUT2D eigenvalue weighted by atomic mass is 19.1. The normalized spacial score (nSPS) is 9.87. The number of halogens is 1. The van der Waals surface area contributed by atoms with Crippen molar-refractivity contribution < 1.29 is 4.39 Å². The zero-order valence-electron chi connectivity index (χ0n) is 7.68. The van der Waals surface area contributed by atoms with Gasteiger partial charge in [-0.25, -0.2) is 4.39 Å². The fourth-order valence-electron chi connectivity index (χ4n) is 0.871. The van der Waals surface area contributed by atoms with Crippen molar-refractivity contribution in [3.63, 3.8) is 0 Å². The topological polar surface area (TPSA) is 101 Å². The maximum absolute atomic E-state index is 12.9. The monoisotopic (exact) mass is 205 g/mol. The summed E-state index contributed by atoms with van der Waals surface area (Å²) in [6.45, 7) is 0. The molecule has 0 bridgehead atoms. The molecule has 0 aliphatic rings. The zero-order chi connectivity index (χ0) is 11.3. The molecule has 0 saturated heterocycles. The summed E-state index contributed by atoms with van der Waals surface area (Å²) in [6, 6.07) is 5.70. The summed E-state index contributed by atoms with van der Waals surface area (Å²) in [6.07, 6.45) is 1.32. The van der Waals surface area contributed by atoms with Crippen LogP contribution < -0.4 is 11.5 Å². The second-order valence-corrected chi connectivity index (χ2v) is 2.62. The lowest BCUT2D eigenvalue weighted by Gasteiger charge is -1.94. The van der Waals surface area contributed by atoms with Crippen LogP contribution in [-0.2, 0) is 0 Å². The molecule has 0 aliphatic carbocycles. The number of nitrogens with two attached hydrogens (primary N) is 2. The van der Waals surface area contributed by atoms with E-state index in [4.69, 9.17) is 16.7 Å². The molecule has 0 saturated carbocycles. The largest absolute Gasteiger partial charge is 0.369 e. The van der Waals surface area contributed by atoms with Crippen molar-refractivity contribution in [3.8, 4) is 6.07 Å². The van der Waals surface area contributed by atoms with Gasteiger partial charge in [0.15, 0.2) is 0 Å². The Morgan fingerprint density at radius 3 is 2.80 bits per heavy atom. The maximum Gasteiger partial charge on any atom is 0.211 e. The zero-order valence-corrected chi connectivity index (χ0v) is 7.68. The van der Waals surface area contributed by atoms with Crippen molar-refractivity contribution in [2.24, 2.45) is 21.7 Å². The molecule has 0 unspecified atom stereocenters. The van der Waals surface area contributed by atoms with E-state index < -0.39 is 5.82 Å². The molecular formula is C9H8FN5. The quantitative estimate of drug-likeness (QED) is 0.412. The van der Waals surface area contributed by atoms with Gasteiger partial charge in [-0.3, -0.25) is 0 Å². The van der Waals surface area contributed by atoms with Crippen LogP contribution in [0.4, 0.5) is 4.39 Å². The Balaban J connectivity index is 2.94. The predicted molar refractivity (Wildman–Crippen MR) is 54.5 cm³/mol. The van der Waals surface area contributed by atoms with Crippen LogP contribution in [0.25, 0.3) is 0 Å². The fourth-order valence-corrected chi connectivity index (χ4v) is 0.871. The van der Waals surface area contributed by atoms with Crippen LogP contribution in [0.2, 0.25) is 0 Å². The van der Waals surface area contributed by atoms with Crippen LogP contribution >= 0.6 is 0 Å². The molecule has 1 aromatic rings. The smallest absolute Gasteiger partial charge is 0.211 e. The summed E-state index contributed by atoms with van der Waals surface area (Å²) in [7, 11) is 0. The molecule has 76 valence electrons. The van der Waals surface area contributed by atoms with Gasteiger partial charge >= 0.3 is 0 Å². The second-order valence-electron chi connectivity index (χ2n) is 2.62. The molecule has 1 aromatic carbocycles. The van der Waals surface area contributed by atoms with Gasteiger partial charge in [-0.05, 0) is 17.7 Å². The highest BCUT2D eigenvalue weighted by Crippen LogP contribution is 2.07. The summed E-state index contributed by atoms with van der Waals surface area (Å²) in [5.74, 6) is -0.745. The second kappa shape index (κ2) is 4.72. The molecule has 5 nitrogen and oxygen atoms in total. The number of guanidine groups is 1. The molecule has 0 aromatic heterocycles. The van der Waals surface area contributed by atoms with Crippen molar-refractivity contribution in [3.05, 3.63) is 35.1 Å². The number of benzene rings is 1. The lowest BCUT2D eigenvalue weighted by atomic mass is 10.1. The summed E-state index contributed by atoms with van der Waals surface area (Å²) >= 11 is 0. The number of nitrogens with zero attached hydrogens (tertiary/aromatic N) is 3.